The van der Waals surface area contributed by atoms with Crippen LogP contribution in [0.3, 0.4) is 0 Å². The molecule has 0 nitrogen and oxygen atoms in total. The minimum Gasteiger partial charge on any atom is -0.0917 e. The zero-order valence-corrected chi connectivity index (χ0v) is 17.1. The first-order valence-electron chi connectivity index (χ1n) is 10.3. The Morgan fingerprint density at radius 1 is 0.333 bits per heavy atom. The Morgan fingerprint density at radius 2 is 0.519 bits per heavy atom. The highest BCUT2D eigenvalue weighted by Crippen LogP contribution is 2.06. The summed E-state index contributed by atoms with van der Waals surface area (Å²) in [5, 5.41) is 0. The number of unbranched alkanes of at least 4 members (excludes halogenated alkanes) is 10. The fraction of sp³-hybridized carbons (Fsp3) is 0.704. The topological polar surface area (TPSA) is 0 Å². The van der Waals surface area contributed by atoms with Crippen LogP contribution in [0.15, 0.2) is 48.6 Å². The molecule has 0 saturated heterocycles. The molecule has 0 amide bonds. The Morgan fingerprint density at radius 3 is 0.667 bits per heavy atom. The van der Waals surface area contributed by atoms with E-state index in [0.29, 0.717) is 0 Å². The molecule has 0 bridgehead atoms. The lowest BCUT2D eigenvalue weighted by Gasteiger charge is -1.96. The van der Waals surface area contributed by atoms with Crippen molar-refractivity contribution in [1.29, 1.82) is 0 Å². The molecule has 0 heteroatoms. The van der Waals surface area contributed by atoms with Crippen molar-refractivity contribution in [3.63, 3.8) is 0 Å². The van der Waals surface area contributed by atoms with Gasteiger partial charge in [-0.1, -0.05) is 96.6 Å². The van der Waals surface area contributed by atoms with Crippen LogP contribution in [-0.2, 0) is 0 Å². The van der Waals surface area contributed by atoms with E-state index < -0.39 is 0 Å². The second kappa shape index (κ2) is 39.9. The molecule has 0 rings (SSSR count). The highest BCUT2D eigenvalue weighted by Gasteiger charge is 1.87. The molecule has 0 atom stereocenters. The molecule has 0 aliphatic carbocycles. The van der Waals surface area contributed by atoms with E-state index >= 15 is 0 Å². The first-order chi connectivity index (χ1) is 11.8. The van der Waals surface area contributed by atoms with Crippen molar-refractivity contribution in [2.75, 3.05) is 0 Å². The summed E-state index contributed by atoms with van der Waals surface area (Å²) < 4.78 is 0. The summed E-state index contributed by atoms with van der Waals surface area (Å²) in [4.78, 5) is 0. The second-order valence-corrected chi connectivity index (χ2v) is 6.26. The number of rotatable bonds is 14. The van der Waals surface area contributed by atoms with E-state index in [2.05, 4.69) is 76.3 Å². The maximum atomic E-state index is 2.26. The standard InChI is InChI=1S/2C12H22.3CH4/c2*1-3-5-7-9-11-12-10-8-6-4-2;;;/h2*3-6H,7-12H2,1-2H3;3*1H4. The summed E-state index contributed by atoms with van der Waals surface area (Å²) in [6, 6.07) is 0. The van der Waals surface area contributed by atoms with Crippen molar-refractivity contribution in [2.45, 2.75) is 127 Å². The van der Waals surface area contributed by atoms with Crippen LogP contribution in [0.1, 0.15) is 127 Å². The highest BCUT2D eigenvalue weighted by molar-refractivity contribution is 4.78. The van der Waals surface area contributed by atoms with Crippen LogP contribution >= 0.6 is 0 Å². The summed E-state index contributed by atoms with van der Waals surface area (Å²) >= 11 is 0. The van der Waals surface area contributed by atoms with Crippen LogP contribution in [0.4, 0.5) is 0 Å². The molecule has 0 unspecified atom stereocenters. The van der Waals surface area contributed by atoms with Gasteiger partial charge in [0.15, 0.2) is 0 Å². The monoisotopic (exact) mass is 380 g/mol. The van der Waals surface area contributed by atoms with Gasteiger partial charge in [-0.2, -0.15) is 0 Å². The van der Waals surface area contributed by atoms with Gasteiger partial charge in [-0.15, -0.1) is 0 Å². The zero-order chi connectivity index (χ0) is 18.1. The Kier molecular flexibility index (Phi) is 54.3. The smallest absolute Gasteiger partial charge is 0.0351 e. The molecule has 0 spiro atoms. The number of hydrogen-bond donors (Lipinski definition) is 0. The predicted octanol–water partition coefficient (Wildman–Crippen LogP) is 10.9. The molecule has 0 radical (unpaired) electrons. The van der Waals surface area contributed by atoms with Gasteiger partial charge in [0.2, 0.25) is 0 Å². The van der Waals surface area contributed by atoms with Crippen molar-refractivity contribution >= 4 is 0 Å². The van der Waals surface area contributed by atoms with Crippen LogP contribution in [0.5, 0.6) is 0 Å². The third kappa shape index (κ3) is 45.7. The third-order valence-electron chi connectivity index (χ3n) is 3.93. The summed E-state index contributed by atoms with van der Waals surface area (Å²) in [5.41, 5.74) is 0. The van der Waals surface area contributed by atoms with Crippen molar-refractivity contribution < 1.29 is 0 Å². The predicted molar refractivity (Wildman–Crippen MR) is 135 cm³/mol. The van der Waals surface area contributed by atoms with Gasteiger partial charge in [-0.05, 0) is 79.1 Å². The van der Waals surface area contributed by atoms with E-state index in [-0.39, 0.29) is 22.3 Å². The molecule has 0 aromatic rings. The summed E-state index contributed by atoms with van der Waals surface area (Å²) in [6.45, 7) is 8.36. The Hall–Kier alpha value is -1.04. The average Bonchev–Trinajstić information content (AvgIpc) is 2.60. The second-order valence-electron chi connectivity index (χ2n) is 6.26. The first-order valence-corrected chi connectivity index (χ1v) is 10.3. The van der Waals surface area contributed by atoms with Gasteiger partial charge >= 0.3 is 0 Å². The summed E-state index contributed by atoms with van der Waals surface area (Å²) in [7, 11) is 0. The summed E-state index contributed by atoms with van der Waals surface area (Å²) in [5.74, 6) is 0. The van der Waals surface area contributed by atoms with Crippen LogP contribution in [0.2, 0.25) is 0 Å². The number of hydrogen-bond acceptors (Lipinski definition) is 0. The number of allylic oxidation sites excluding steroid dienone is 8. The van der Waals surface area contributed by atoms with Crippen molar-refractivity contribution in [2.24, 2.45) is 0 Å². The average molecular weight is 381 g/mol. The molecular weight excluding hydrogens is 324 g/mol. The van der Waals surface area contributed by atoms with Crippen LogP contribution in [0.25, 0.3) is 0 Å². The quantitative estimate of drug-likeness (QED) is 0.207. The molecule has 0 aromatic carbocycles. The molecule has 0 aliphatic heterocycles. The fourth-order valence-corrected chi connectivity index (χ4v) is 2.42. The van der Waals surface area contributed by atoms with E-state index in [1.807, 2.05) is 0 Å². The molecule has 0 heterocycles. The molecule has 27 heavy (non-hydrogen) atoms. The highest BCUT2D eigenvalue weighted by atomic mass is 13.9. The SMILES string of the molecule is C.C.C.CC=CCCCCCCC=CC.CC=CCCCCCCC=CC. The van der Waals surface area contributed by atoms with Gasteiger partial charge in [0.25, 0.3) is 0 Å². The van der Waals surface area contributed by atoms with E-state index in [1.54, 1.807) is 0 Å². The van der Waals surface area contributed by atoms with Gasteiger partial charge < -0.3 is 0 Å². The zero-order valence-electron chi connectivity index (χ0n) is 17.1. The molecular formula is C27H56. The van der Waals surface area contributed by atoms with Gasteiger partial charge in [-0.3, -0.25) is 0 Å². The van der Waals surface area contributed by atoms with E-state index in [1.165, 1.54) is 77.0 Å². The Labute approximate surface area is 175 Å². The Bertz CT molecular complexity index is 240. The maximum absolute atomic E-state index is 2.26. The van der Waals surface area contributed by atoms with Crippen LogP contribution in [0, 0.1) is 0 Å². The van der Waals surface area contributed by atoms with Gasteiger partial charge in [0.05, 0.1) is 0 Å². The lowest BCUT2D eigenvalue weighted by Crippen LogP contribution is -1.76. The van der Waals surface area contributed by atoms with Crippen molar-refractivity contribution in [3.05, 3.63) is 48.6 Å². The van der Waals surface area contributed by atoms with E-state index in [4.69, 9.17) is 0 Å². The third-order valence-corrected chi connectivity index (χ3v) is 3.93. The van der Waals surface area contributed by atoms with Gasteiger partial charge in [0, 0.05) is 0 Å². The molecule has 164 valence electrons. The fourth-order valence-electron chi connectivity index (χ4n) is 2.42. The molecule has 0 aromatic heterocycles. The van der Waals surface area contributed by atoms with Crippen molar-refractivity contribution in [1.82, 2.24) is 0 Å². The largest absolute Gasteiger partial charge is 0.0917 e. The van der Waals surface area contributed by atoms with Crippen LogP contribution < -0.4 is 0 Å². The molecule has 0 saturated carbocycles. The van der Waals surface area contributed by atoms with E-state index in [0.717, 1.165) is 0 Å². The minimum atomic E-state index is 0. The molecule has 0 N–H and O–H groups in total. The lowest BCUT2D eigenvalue weighted by atomic mass is 10.1. The molecule has 0 fully saturated rings. The van der Waals surface area contributed by atoms with E-state index in [9.17, 15) is 0 Å². The minimum absolute atomic E-state index is 0. The van der Waals surface area contributed by atoms with Gasteiger partial charge in [0.1, 0.15) is 0 Å². The van der Waals surface area contributed by atoms with Gasteiger partial charge in [-0.25, -0.2) is 0 Å². The van der Waals surface area contributed by atoms with Crippen LogP contribution in [-0.4, -0.2) is 0 Å². The molecule has 0 aliphatic rings. The lowest BCUT2D eigenvalue weighted by molar-refractivity contribution is 0.652. The first kappa shape index (κ1) is 36.8. The van der Waals surface area contributed by atoms with Crippen molar-refractivity contribution in [3.8, 4) is 0 Å². The Balaban J connectivity index is -0.000000108. The summed E-state index contributed by atoms with van der Waals surface area (Å²) in [6.07, 6.45) is 33.6. The normalized spacial score (nSPS) is 10.5. The maximum Gasteiger partial charge on any atom is -0.0351 e.